The first-order chi connectivity index (χ1) is 10.3. The molecule has 1 amide bonds. The quantitative estimate of drug-likeness (QED) is 0.916. The summed E-state index contributed by atoms with van der Waals surface area (Å²) in [5.41, 5.74) is 1.42. The maximum absolute atomic E-state index is 12.3. The average molecular weight is 285 g/mol. The normalized spacial score (nSPS) is 17.8. The fourth-order valence-corrected chi connectivity index (χ4v) is 2.59. The van der Waals surface area contributed by atoms with Gasteiger partial charge in [-0.15, -0.1) is 0 Å². The smallest absolute Gasteiger partial charge is 0.253 e. The number of amides is 1. The minimum absolute atomic E-state index is 0.0703. The molecule has 0 unspecified atom stereocenters. The van der Waals surface area contributed by atoms with Crippen molar-refractivity contribution in [1.82, 2.24) is 15.1 Å². The topological polar surface area (TPSA) is 56.1 Å². The fourth-order valence-electron chi connectivity index (χ4n) is 2.59. The molecule has 0 aliphatic carbocycles. The molecule has 0 bridgehead atoms. The summed E-state index contributed by atoms with van der Waals surface area (Å²) < 4.78 is 7.26. The van der Waals surface area contributed by atoms with E-state index in [9.17, 15) is 4.79 Å². The third kappa shape index (κ3) is 3.31. The molecule has 1 aromatic carbocycles. The van der Waals surface area contributed by atoms with Crippen LogP contribution in [0.15, 0.2) is 42.7 Å². The van der Waals surface area contributed by atoms with Crippen molar-refractivity contribution in [2.24, 2.45) is 0 Å². The lowest BCUT2D eigenvalue weighted by Gasteiger charge is -2.12. The van der Waals surface area contributed by atoms with Gasteiger partial charge in [0.05, 0.1) is 17.4 Å². The zero-order valence-corrected chi connectivity index (χ0v) is 11.9. The Morgan fingerprint density at radius 3 is 3.05 bits per heavy atom. The van der Waals surface area contributed by atoms with Gasteiger partial charge in [-0.2, -0.15) is 5.10 Å². The number of benzene rings is 1. The summed E-state index contributed by atoms with van der Waals surface area (Å²) in [6, 6.07) is 9.31. The van der Waals surface area contributed by atoms with E-state index in [0.29, 0.717) is 18.2 Å². The van der Waals surface area contributed by atoms with E-state index >= 15 is 0 Å². The first kappa shape index (κ1) is 13.8. The summed E-state index contributed by atoms with van der Waals surface area (Å²) in [4.78, 5) is 12.3. The van der Waals surface area contributed by atoms with Crippen molar-refractivity contribution in [2.45, 2.75) is 25.4 Å². The van der Waals surface area contributed by atoms with Crippen LogP contribution in [0.25, 0.3) is 5.69 Å². The molecule has 0 spiro atoms. The molecule has 21 heavy (non-hydrogen) atoms. The van der Waals surface area contributed by atoms with Crippen molar-refractivity contribution in [3.05, 3.63) is 48.3 Å². The molecule has 1 aliphatic heterocycles. The van der Waals surface area contributed by atoms with Crippen LogP contribution in [0.1, 0.15) is 29.6 Å². The second kappa shape index (κ2) is 6.54. The third-order valence-electron chi connectivity index (χ3n) is 3.68. The van der Waals surface area contributed by atoms with Crippen molar-refractivity contribution in [1.29, 1.82) is 0 Å². The molecule has 5 nitrogen and oxygen atoms in total. The van der Waals surface area contributed by atoms with Crippen LogP contribution in [0.5, 0.6) is 0 Å². The van der Waals surface area contributed by atoms with Gasteiger partial charge in [0.25, 0.3) is 5.91 Å². The molecule has 110 valence electrons. The van der Waals surface area contributed by atoms with Crippen molar-refractivity contribution in [2.75, 3.05) is 13.2 Å². The molecule has 1 saturated heterocycles. The number of carbonyl (C=O) groups excluding carboxylic acids is 1. The molecule has 1 N–H and O–H groups in total. The van der Waals surface area contributed by atoms with Crippen LogP contribution in [0.3, 0.4) is 0 Å². The molecular weight excluding hydrogens is 266 g/mol. The van der Waals surface area contributed by atoms with E-state index in [1.165, 1.54) is 0 Å². The van der Waals surface area contributed by atoms with E-state index in [1.54, 1.807) is 10.9 Å². The number of hydrogen-bond acceptors (Lipinski definition) is 3. The Bertz CT molecular complexity index is 589. The van der Waals surface area contributed by atoms with Crippen LogP contribution in [-0.2, 0) is 4.74 Å². The van der Waals surface area contributed by atoms with Gasteiger partial charge < -0.3 is 10.1 Å². The highest BCUT2D eigenvalue weighted by Gasteiger charge is 2.16. The Morgan fingerprint density at radius 2 is 2.29 bits per heavy atom. The van der Waals surface area contributed by atoms with Gasteiger partial charge in [-0.05, 0) is 37.5 Å². The molecule has 1 fully saturated rings. The Morgan fingerprint density at radius 1 is 1.38 bits per heavy atom. The van der Waals surface area contributed by atoms with Crippen LogP contribution in [0.4, 0.5) is 0 Å². The van der Waals surface area contributed by atoms with Crippen LogP contribution < -0.4 is 5.32 Å². The average Bonchev–Trinajstić information content (AvgIpc) is 3.20. The summed E-state index contributed by atoms with van der Waals surface area (Å²) in [7, 11) is 0. The van der Waals surface area contributed by atoms with Crippen molar-refractivity contribution >= 4 is 5.91 Å². The second-order valence-electron chi connectivity index (χ2n) is 5.15. The Labute approximate surface area is 123 Å². The minimum Gasteiger partial charge on any atom is -0.378 e. The predicted molar refractivity (Wildman–Crippen MR) is 79.5 cm³/mol. The zero-order valence-electron chi connectivity index (χ0n) is 11.9. The van der Waals surface area contributed by atoms with E-state index in [4.69, 9.17) is 4.74 Å². The van der Waals surface area contributed by atoms with Gasteiger partial charge in [-0.1, -0.05) is 12.1 Å². The van der Waals surface area contributed by atoms with E-state index in [-0.39, 0.29) is 5.91 Å². The van der Waals surface area contributed by atoms with Crippen LogP contribution in [-0.4, -0.2) is 34.9 Å². The predicted octanol–water partition coefficient (Wildman–Crippen LogP) is 2.17. The Balaban J connectivity index is 1.64. The minimum atomic E-state index is -0.0703. The van der Waals surface area contributed by atoms with Gasteiger partial charge in [-0.25, -0.2) is 4.68 Å². The monoisotopic (exact) mass is 285 g/mol. The summed E-state index contributed by atoms with van der Waals surface area (Å²) in [5.74, 6) is -0.0703. The molecular formula is C16H19N3O2. The second-order valence-corrected chi connectivity index (χ2v) is 5.15. The lowest BCUT2D eigenvalue weighted by Crippen LogP contribution is -2.28. The largest absolute Gasteiger partial charge is 0.378 e. The first-order valence-electron chi connectivity index (χ1n) is 7.33. The standard InChI is InChI=1S/C16H19N3O2/c20-16(17-10-8-13-5-3-12-21-13)14-6-1-2-7-15(14)19-11-4-9-18-19/h1-2,4,6-7,9,11,13H,3,5,8,10,12H2,(H,17,20)/t13-/m0/s1. The first-order valence-corrected chi connectivity index (χ1v) is 7.33. The molecule has 0 radical (unpaired) electrons. The number of nitrogens with one attached hydrogen (secondary N) is 1. The fraction of sp³-hybridized carbons (Fsp3) is 0.375. The maximum atomic E-state index is 12.3. The highest BCUT2D eigenvalue weighted by molar-refractivity contribution is 5.97. The van der Waals surface area contributed by atoms with Crippen LogP contribution >= 0.6 is 0 Å². The number of nitrogens with zero attached hydrogens (tertiary/aromatic N) is 2. The molecule has 3 rings (SSSR count). The number of ether oxygens (including phenoxy) is 1. The maximum Gasteiger partial charge on any atom is 0.253 e. The SMILES string of the molecule is O=C(NCC[C@@H]1CCCO1)c1ccccc1-n1cccn1. The molecule has 1 aliphatic rings. The number of rotatable bonds is 5. The van der Waals surface area contributed by atoms with E-state index in [0.717, 1.165) is 31.6 Å². The van der Waals surface area contributed by atoms with Gasteiger partial charge in [0.1, 0.15) is 0 Å². The highest BCUT2D eigenvalue weighted by Crippen LogP contribution is 2.15. The molecule has 0 saturated carbocycles. The summed E-state index contributed by atoms with van der Waals surface area (Å²) in [6.07, 6.45) is 6.92. The number of carbonyl (C=O) groups is 1. The van der Waals surface area contributed by atoms with E-state index in [2.05, 4.69) is 10.4 Å². The lowest BCUT2D eigenvalue weighted by atomic mass is 10.1. The summed E-state index contributed by atoms with van der Waals surface area (Å²) >= 11 is 0. The highest BCUT2D eigenvalue weighted by atomic mass is 16.5. The van der Waals surface area contributed by atoms with Gasteiger partial charge in [0.2, 0.25) is 0 Å². The molecule has 2 heterocycles. The van der Waals surface area contributed by atoms with E-state index < -0.39 is 0 Å². The number of hydrogen-bond donors (Lipinski definition) is 1. The van der Waals surface area contributed by atoms with Gasteiger partial charge in [0, 0.05) is 25.5 Å². The van der Waals surface area contributed by atoms with Crippen molar-refractivity contribution in [3.8, 4) is 5.69 Å². The zero-order chi connectivity index (χ0) is 14.5. The Hall–Kier alpha value is -2.14. The van der Waals surface area contributed by atoms with Crippen LogP contribution in [0.2, 0.25) is 0 Å². The number of aromatic nitrogens is 2. The molecule has 2 aromatic rings. The van der Waals surface area contributed by atoms with Crippen molar-refractivity contribution < 1.29 is 9.53 Å². The van der Waals surface area contributed by atoms with Gasteiger partial charge in [0.15, 0.2) is 0 Å². The third-order valence-corrected chi connectivity index (χ3v) is 3.68. The molecule has 5 heteroatoms. The molecule has 1 aromatic heterocycles. The van der Waals surface area contributed by atoms with E-state index in [1.807, 2.05) is 36.5 Å². The summed E-state index contributed by atoms with van der Waals surface area (Å²) in [5, 5.41) is 7.16. The van der Waals surface area contributed by atoms with Gasteiger partial charge >= 0.3 is 0 Å². The number of para-hydroxylation sites is 1. The Kier molecular flexibility index (Phi) is 4.31. The van der Waals surface area contributed by atoms with Crippen molar-refractivity contribution in [3.63, 3.8) is 0 Å². The van der Waals surface area contributed by atoms with Gasteiger partial charge in [-0.3, -0.25) is 4.79 Å². The summed E-state index contributed by atoms with van der Waals surface area (Å²) in [6.45, 7) is 1.48. The van der Waals surface area contributed by atoms with Crippen LogP contribution in [0, 0.1) is 0 Å². The molecule has 1 atom stereocenters. The lowest BCUT2D eigenvalue weighted by molar-refractivity contribution is 0.0907.